The van der Waals surface area contributed by atoms with E-state index in [9.17, 15) is 4.79 Å². The molecule has 6 heteroatoms. The van der Waals surface area contributed by atoms with Crippen molar-refractivity contribution in [3.63, 3.8) is 0 Å². The minimum Gasteiger partial charge on any atom is -0.444 e. The lowest BCUT2D eigenvalue weighted by molar-refractivity contribution is 0.0508. The summed E-state index contributed by atoms with van der Waals surface area (Å²) in [6.07, 6.45) is 2.08. The van der Waals surface area contributed by atoms with Crippen molar-refractivity contribution in [3.05, 3.63) is 15.0 Å². The van der Waals surface area contributed by atoms with Crippen LogP contribution in [0.1, 0.15) is 32.7 Å². The molecular weight excluding hydrogens is 304 g/mol. The van der Waals surface area contributed by atoms with E-state index in [4.69, 9.17) is 4.74 Å². The fraction of sp³-hybridized carbons (Fsp3) is 0.636. The van der Waals surface area contributed by atoms with Crippen LogP contribution in [0.3, 0.4) is 0 Å². The van der Waals surface area contributed by atoms with Gasteiger partial charge in [-0.2, -0.15) is 0 Å². The summed E-state index contributed by atoms with van der Waals surface area (Å²) in [5, 5.41) is 3.77. The quantitative estimate of drug-likeness (QED) is 0.929. The monoisotopic (exact) mass is 320 g/mol. The van der Waals surface area contributed by atoms with Crippen molar-refractivity contribution in [1.29, 1.82) is 0 Å². The zero-order chi connectivity index (χ0) is 13.1. The average Bonchev–Trinajstić information content (AvgIpc) is 2.46. The maximum Gasteiger partial charge on any atom is 0.407 e. The molecule has 1 aromatic rings. The van der Waals surface area contributed by atoms with Crippen LogP contribution in [0.25, 0.3) is 0 Å². The first-order valence-electron chi connectivity index (χ1n) is 5.36. The number of carbonyl (C=O) groups excluding carboxylic acids is 1. The Hall–Kier alpha value is -0.620. The highest BCUT2D eigenvalue weighted by Crippen LogP contribution is 2.20. The maximum atomic E-state index is 11.5. The van der Waals surface area contributed by atoms with Crippen LogP contribution in [-0.4, -0.2) is 22.7 Å². The fourth-order valence-electron chi connectivity index (χ4n) is 1.20. The molecule has 0 saturated heterocycles. The first kappa shape index (κ1) is 14.4. The summed E-state index contributed by atoms with van der Waals surface area (Å²) in [5.74, 6) is 0. The number of amides is 1. The zero-order valence-electron chi connectivity index (χ0n) is 10.4. The molecule has 1 N–H and O–H groups in total. The average molecular weight is 321 g/mol. The molecule has 96 valence electrons. The van der Waals surface area contributed by atoms with E-state index in [0.717, 1.165) is 8.79 Å². The Kier molecular flexibility index (Phi) is 4.94. The number of thiazole rings is 1. The van der Waals surface area contributed by atoms with Gasteiger partial charge in [0.25, 0.3) is 0 Å². The topological polar surface area (TPSA) is 51.2 Å². The standard InChI is InChI=1S/C11H17BrN2O2S/c1-7(5-9-13-6-8(12)17-9)14-10(15)16-11(2,3)4/h6-7H,5H2,1-4H3,(H,14,15). The lowest BCUT2D eigenvalue weighted by Crippen LogP contribution is -2.38. The van der Waals surface area contributed by atoms with E-state index in [-0.39, 0.29) is 12.1 Å². The van der Waals surface area contributed by atoms with Crippen LogP contribution in [0, 0.1) is 0 Å². The summed E-state index contributed by atoms with van der Waals surface area (Å²) in [4.78, 5) is 15.7. The minimum atomic E-state index is -0.464. The van der Waals surface area contributed by atoms with Gasteiger partial charge in [-0.25, -0.2) is 9.78 Å². The number of halogens is 1. The molecule has 0 aromatic carbocycles. The Labute approximate surface area is 114 Å². The number of alkyl carbamates (subject to hydrolysis) is 1. The van der Waals surface area contributed by atoms with Gasteiger partial charge in [-0.15, -0.1) is 11.3 Å². The van der Waals surface area contributed by atoms with E-state index in [1.54, 1.807) is 17.5 Å². The third-order valence-electron chi connectivity index (χ3n) is 1.77. The van der Waals surface area contributed by atoms with E-state index < -0.39 is 5.60 Å². The molecule has 0 spiro atoms. The lowest BCUT2D eigenvalue weighted by Gasteiger charge is -2.21. The third-order valence-corrected chi connectivity index (χ3v) is 3.27. The van der Waals surface area contributed by atoms with E-state index >= 15 is 0 Å². The van der Waals surface area contributed by atoms with Gasteiger partial charge in [0.15, 0.2) is 0 Å². The van der Waals surface area contributed by atoms with Gasteiger partial charge < -0.3 is 10.1 Å². The summed E-state index contributed by atoms with van der Waals surface area (Å²) >= 11 is 4.93. The predicted molar refractivity (Wildman–Crippen MR) is 72.3 cm³/mol. The Bertz CT molecular complexity index is 387. The second-order valence-corrected chi connectivity index (χ2v) is 7.30. The van der Waals surface area contributed by atoms with Crippen LogP contribution < -0.4 is 5.32 Å². The molecule has 0 bridgehead atoms. The molecule has 17 heavy (non-hydrogen) atoms. The molecule has 1 rings (SSSR count). The highest BCUT2D eigenvalue weighted by molar-refractivity contribution is 9.11. The molecule has 0 fully saturated rings. The predicted octanol–water partition coefficient (Wildman–Crippen LogP) is 3.36. The Morgan fingerprint density at radius 2 is 2.29 bits per heavy atom. The summed E-state index contributed by atoms with van der Waals surface area (Å²) in [6, 6.07) is 0.00269. The van der Waals surface area contributed by atoms with Crippen molar-refractivity contribution in [2.45, 2.75) is 45.8 Å². The number of carbonyl (C=O) groups is 1. The molecule has 0 aliphatic carbocycles. The van der Waals surface area contributed by atoms with Crippen molar-refractivity contribution < 1.29 is 9.53 Å². The number of hydrogen-bond donors (Lipinski definition) is 1. The Balaban J connectivity index is 2.39. The van der Waals surface area contributed by atoms with Crippen molar-refractivity contribution in [2.24, 2.45) is 0 Å². The summed E-state index contributed by atoms with van der Waals surface area (Å²) in [6.45, 7) is 7.46. The van der Waals surface area contributed by atoms with Crippen LogP contribution in [0.4, 0.5) is 4.79 Å². The van der Waals surface area contributed by atoms with E-state index in [1.807, 2.05) is 27.7 Å². The van der Waals surface area contributed by atoms with Gasteiger partial charge >= 0.3 is 6.09 Å². The largest absolute Gasteiger partial charge is 0.444 e. The van der Waals surface area contributed by atoms with Crippen LogP contribution in [0.2, 0.25) is 0 Å². The molecule has 0 aliphatic heterocycles. The van der Waals surface area contributed by atoms with E-state index in [2.05, 4.69) is 26.2 Å². The molecule has 1 atom stereocenters. The minimum absolute atomic E-state index is 0.00269. The number of nitrogens with zero attached hydrogens (tertiary/aromatic N) is 1. The Morgan fingerprint density at radius 1 is 1.65 bits per heavy atom. The normalized spacial score (nSPS) is 13.2. The molecule has 0 radical (unpaired) electrons. The van der Waals surface area contributed by atoms with Crippen molar-refractivity contribution in [1.82, 2.24) is 10.3 Å². The van der Waals surface area contributed by atoms with Crippen LogP contribution in [0.15, 0.2) is 9.98 Å². The summed E-state index contributed by atoms with van der Waals surface area (Å²) in [5.41, 5.74) is -0.464. The van der Waals surface area contributed by atoms with Gasteiger partial charge in [-0.05, 0) is 43.6 Å². The highest BCUT2D eigenvalue weighted by atomic mass is 79.9. The molecule has 1 heterocycles. The number of hydrogen-bond acceptors (Lipinski definition) is 4. The number of ether oxygens (including phenoxy) is 1. The molecule has 1 aromatic heterocycles. The third kappa shape index (κ3) is 6.02. The molecular formula is C11H17BrN2O2S. The van der Waals surface area contributed by atoms with Gasteiger partial charge in [-0.3, -0.25) is 0 Å². The first-order valence-corrected chi connectivity index (χ1v) is 6.97. The van der Waals surface area contributed by atoms with Crippen LogP contribution in [0.5, 0.6) is 0 Å². The summed E-state index contributed by atoms with van der Waals surface area (Å²) < 4.78 is 6.17. The molecule has 1 unspecified atom stereocenters. The molecule has 0 aliphatic rings. The lowest BCUT2D eigenvalue weighted by atomic mass is 10.2. The second kappa shape index (κ2) is 5.82. The number of nitrogens with one attached hydrogen (secondary N) is 1. The fourth-order valence-corrected chi connectivity index (χ4v) is 2.64. The van der Waals surface area contributed by atoms with Gasteiger partial charge in [0, 0.05) is 12.5 Å². The van der Waals surface area contributed by atoms with Crippen LogP contribution in [-0.2, 0) is 11.2 Å². The van der Waals surface area contributed by atoms with Gasteiger partial charge in [0.1, 0.15) is 5.60 Å². The second-order valence-electron chi connectivity index (χ2n) is 4.81. The number of rotatable bonds is 3. The van der Waals surface area contributed by atoms with E-state index in [0.29, 0.717) is 6.42 Å². The Morgan fingerprint density at radius 3 is 2.76 bits per heavy atom. The van der Waals surface area contributed by atoms with Crippen molar-refractivity contribution in [2.75, 3.05) is 0 Å². The molecule has 4 nitrogen and oxygen atoms in total. The summed E-state index contributed by atoms with van der Waals surface area (Å²) in [7, 11) is 0. The van der Waals surface area contributed by atoms with Gasteiger partial charge in [-0.1, -0.05) is 0 Å². The zero-order valence-corrected chi connectivity index (χ0v) is 12.8. The van der Waals surface area contributed by atoms with Gasteiger partial charge in [0.05, 0.1) is 15.0 Å². The molecule has 1 amide bonds. The van der Waals surface area contributed by atoms with E-state index in [1.165, 1.54) is 0 Å². The smallest absolute Gasteiger partial charge is 0.407 e. The van der Waals surface area contributed by atoms with Crippen molar-refractivity contribution in [3.8, 4) is 0 Å². The first-order chi connectivity index (χ1) is 7.76. The van der Waals surface area contributed by atoms with Gasteiger partial charge in [0.2, 0.25) is 0 Å². The van der Waals surface area contributed by atoms with Crippen molar-refractivity contribution >= 4 is 33.4 Å². The molecule has 0 saturated carbocycles. The van der Waals surface area contributed by atoms with Crippen LogP contribution >= 0.6 is 27.3 Å². The highest BCUT2D eigenvalue weighted by Gasteiger charge is 2.18. The maximum absolute atomic E-state index is 11.5. The SMILES string of the molecule is CC(Cc1ncc(Br)s1)NC(=O)OC(C)(C)C. The number of aromatic nitrogens is 1.